The third kappa shape index (κ3) is 3.18. The Morgan fingerprint density at radius 2 is 2.20 bits per heavy atom. The van der Waals surface area contributed by atoms with Gasteiger partial charge in [-0.05, 0) is 31.4 Å². The average Bonchev–Trinajstić information content (AvgIpc) is 3.36. The zero-order chi connectivity index (χ0) is 17.2. The van der Waals surface area contributed by atoms with Crippen molar-refractivity contribution < 1.29 is 9.32 Å². The quantitative estimate of drug-likeness (QED) is 0.906. The summed E-state index contributed by atoms with van der Waals surface area (Å²) in [4.78, 5) is 18.6. The third-order valence-electron chi connectivity index (χ3n) is 5.44. The van der Waals surface area contributed by atoms with Crippen molar-refractivity contribution >= 4 is 5.91 Å². The number of carbonyl (C=O) groups excluding carboxylic acids is 1. The third-order valence-corrected chi connectivity index (χ3v) is 5.44. The van der Waals surface area contributed by atoms with E-state index in [1.165, 1.54) is 18.4 Å². The SMILES string of the molecule is CCC(=O)NCc1nc([C@H]2C[C@@H](c3ccccc3)N3CCC[C@H]23)no1. The number of hydrogen-bond acceptors (Lipinski definition) is 5. The predicted octanol–water partition coefficient (Wildman–Crippen LogP) is 2.79. The summed E-state index contributed by atoms with van der Waals surface area (Å²) in [6, 6.07) is 11.6. The van der Waals surface area contributed by atoms with Crippen LogP contribution in [-0.2, 0) is 11.3 Å². The molecule has 0 saturated carbocycles. The van der Waals surface area contributed by atoms with Gasteiger partial charge in [0.1, 0.15) is 0 Å². The molecule has 3 heterocycles. The second-order valence-electron chi connectivity index (χ2n) is 6.89. The van der Waals surface area contributed by atoms with E-state index in [1.54, 1.807) is 0 Å². The molecule has 0 bridgehead atoms. The fraction of sp³-hybridized carbons (Fsp3) is 0.526. The molecule has 0 unspecified atom stereocenters. The van der Waals surface area contributed by atoms with E-state index in [4.69, 9.17) is 4.52 Å². The first-order valence-electron chi connectivity index (χ1n) is 9.16. The zero-order valence-electron chi connectivity index (χ0n) is 14.5. The van der Waals surface area contributed by atoms with Crippen LogP contribution in [-0.4, -0.2) is 33.5 Å². The second-order valence-corrected chi connectivity index (χ2v) is 6.89. The van der Waals surface area contributed by atoms with Crippen molar-refractivity contribution in [3.8, 4) is 0 Å². The van der Waals surface area contributed by atoms with Gasteiger partial charge in [-0.25, -0.2) is 0 Å². The Labute approximate surface area is 147 Å². The molecule has 3 atom stereocenters. The number of benzene rings is 1. The van der Waals surface area contributed by atoms with Crippen molar-refractivity contribution in [1.29, 1.82) is 0 Å². The van der Waals surface area contributed by atoms with Crippen LogP contribution in [0.2, 0.25) is 0 Å². The molecule has 4 rings (SSSR count). The van der Waals surface area contributed by atoms with Gasteiger partial charge in [-0.2, -0.15) is 4.98 Å². The highest BCUT2D eigenvalue weighted by molar-refractivity contribution is 5.75. The molecule has 2 saturated heterocycles. The van der Waals surface area contributed by atoms with Crippen molar-refractivity contribution in [3.63, 3.8) is 0 Å². The van der Waals surface area contributed by atoms with Crippen LogP contribution in [0.4, 0.5) is 0 Å². The van der Waals surface area contributed by atoms with Crippen molar-refractivity contribution in [2.24, 2.45) is 0 Å². The normalized spacial score (nSPS) is 25.9. The number of aromatic nitrogens is 2. The molecular formula is C19H24N4O2. The Balaban J connectivity index is 1.51. The minimum atomic E-state index is -0.00766. The Kier molecular flexibility index (Phi) is 4.53. The summed E-state index contributed by atoms with van der Waals surface area (Å²) in [5.74, 6) is 1.57. The summed E-state index contributed by atoms with van der Waals surface area (Å²) in [5.41, 5.74) is 1.37. The molecule has 0 aliphatic carbocycles. The van der Waals surface area contributed by atoms with E-state index < -0.39 is 0 Å². The van der Waals surface area contributed by atoms with Crippen LogP contribution in [0.25, 0.3) is 0 Å². The van der Waals surface area contributed by atoms with Crippen LogP contribution in [0.15, 0.2) is 34.9 Å². The van der Waals surface area contributed by atoms with Crippen molar-refractivity contribution in [1.82, 2.24) is 20.4 Å². The van der Waals surface area contributed by atoms with Crippen LogP contribution < -0.4 is 5.32 Å². The Morgan fingerprint density at radius 3 is 3.00 bits per heavy atom. The van der Waals surface area contributed by atoms with Gasteiger partial charge in [-0.1, -0.05) is 42.4 Å². The molecule has 6 heteroatoms. The van der Waals surface area contributed by atoms with E-state index in [2.05, 4.69) is 50.7 Å². The van der Waals surface area contributed by atoms with Crippen molar-refractivity contribution in [2.45, 2.75) is 57.2 Å². The maximum absolute atomic E-state index is 11.4. The number of fused-ring (bicyclic) bond motifs is 1. The van der Waals surface area contributed by atoms with E-state index in [0.717, 1.165) is 18.8 Å². The zero-order valence-corrected chi connectivity index (χ0v) is 14.5. The lowest BCUT2D eigenvalue weighted by molar-refractivity contribution is -0.121. The molecule has 1 amide bonds. The summed E-state index contributed by atoms with van der Waals surface area (Å²) < 4.78 is 5.37. The smallest absolute Gasteiger partial charge is 0.246 e. The Bertz CT molecular complexity index is 730. The topological polar surface area (TPSA) is 71.3 Å². The first-order chi connectivity index (χ1) is 12.3. The van der Waals surface area contributed by atoms with Crippen LogP contribution in [0.3, 0.4) is 0 Å². The van der Waals surface area contributed by atoms with Gasteiger partial charge in [-0.3, -0.25) is 9.69 Å². The van der Waals surface area contributed by atoms with E-state index in [0.29, 0.717) is 36.9 Å². The van der Waals surface area contributed by atoms with Crippen LogP contribution in [0, 0.1) is 0 Å². The number of carbonyl (C=O) groups is 1. The highest BCUT2D eigenvalue weighted by Crippen LogP contribution is 2.48. The molecule has 1 aromatic carbocycles. The molecule has 1 aromatic heterocycles. The summed E-state index contributed by atoms with van der Waals surface area (Å²) in [5, 5.41) is 7.01. The standard InChI is InChI=1S/C19H24N4O2/c1-2-17(24)20-12-18-21-19(22-25-18)14-11-16(13-7-4-3-5-8-13)23-10-6-9-15(14)23/h3-5,7-8,14-16H,2,6,9-12H2,1H3,(H,20,24)/t14-,15+,16-/m0/s1. The fourth-order valence-electron chi connectivity index (χ4n) is 4.24. The highest BCUT2D eigenvalue weighted by atomic mass is 16.5. The molecule has 6 nitrogen and oxygen atoms in total. The van der Waals surface area contributed by atoms with Gasteiger partial charge >= 0.3 is 0 Å². The predicted molar refractivity (Wildman–Crippen MR) is 92.7 cm³/mol. The minimum Gasteiger partial charge on any atom is -0.347 e. The monoisotopic (exact) mass is 340 g/mol. The van der Waals surface area contributed by atoms with Crippen molar-refractivity contribution in [2.75, 3.05) is 6.54 Å². The molecule has 2 aliphatic rings. The molecule has 2 aromatic rings. The molecule has 2 aliphatic heterocycles. The van der Waals surface area contributed by atoms with Gasteiger partial charge in [-0.15, -0.1) is 0 Å². The van der Waals surface area contributed by atoms with Gasteiger partial charge in [0.05, 0.1) is 6.54 Å². The van der Waals surface area contributed by atoms with E-state index in [9.17, 15) is 4.79 Å². The van der Waals surface area contributed by atoms with Crippen LogP contribution in [0.1, 0.15) is 61.8 Å². The maximum Gasteiger partial charge on any atom is 0.246 e. The fourth-order valence-corrected chi connectivity index (χ4v) is 4.24. The Hall–Kier alpha value is -2.21. The number of amides is 1. The van der Waals surface area contributed by atoms with E-state index >= 15 is 0 Å². The first kappa shape index (κ1) is 16.3. The van der Waals surface area contributed by atoms with Gasteiger partial charge in [0, 0.05) is 24.4 Å². The first-order valence-corrected chi connectivity index (χ1v) is 9.16. The number of rotatable bonds is 5. The molecule has 132 valence electrons. The summed E-state index contributed by atoms with van der Waals surface area (Å²) in [7, 11) is 0. The maximum atomic E-state index is 11.4. The summed E-state index contributed by atoms with van der Waals surface area (Å²) in [6.45, 7) is 3.27. The van der Waals surface area contributed by atoms with E-state index in [-0.39, 0.29) is 5.91 Å². The van der Waals surface area contributed by atoms with Crippen molar-refractivity contribution in [3.05, 3.63) is 47.6 Å². The Morgan fingerprint density at radius 1 is 1.36 bits per heavy atom. The molecular weight excluding hydrogens is 316 g/mol. The average molecular weight is 340 g/mol. The van der Waals surface area contributed by atoms with Gasteiger partial charge in [0.25, 0.3) is 0 Å². The van der Waals surface area contributed by atoms with Gasteiger partial charge in [0.2, 0.25) is 11.8 Å². The number of hydrogen-bond donors (Lipinski definition) is 1. The minimum absolute atomic E-state index is 0.00766. The second kappa shape index (κ2) is 6.96. The van der Waals surface area contributed by atoms with Crippen LogP contribution >= 0.6 is 0 Å². The summed E-state index contributed by atoms with van der Waals surface area (Å²) in [6.07, 6.45) is 3.89. The lowest BCUT2D eigenvalue weighted by Crippen LogP contribution is -2.27. The van der Waals surface area contributed by atoms with Gasteiger partial charge in [0.15, 0.2) is 5.82 Å². The molecule has 0 spiro atoms. The summed E-state index contributed by atoms with van der Waals surface area (Å²) >= 11 is 0. The van der Waals surface area contributed by atoms with Crippen LogP contribution in [0.5, 0.6) is 0 Å². The lowest BCUT2D eigenvalue weighted by Gasteiger charge is -2.24. The number of nitrogens with one attached hydrogen (secondary N) is 1. The highest BCUT2D eigenvalue weighted by Gasteiger charge is 2.46. The van der Waals surface area contributed by atoms with Gasteiger partial charge < -0.3 is 9.84 Å². The largest absolute Gasteiger partial charge is 0.347 e. The van der Waals surface area contributed by atoms with E-state index in [1.807, 2.05) is 6.92 Å². The molecule has 1 N–H and O–H groups in total. The molecule has 2 fully saturated rings. The molecule has 25 heavy (non-hydrogen) atoms. The molecule has 0 radical (unpaired) electrons. The lowest BCUT2D eigenvalue weighted by atomic mass is 9.94. The number of nitrogens with zero attached hydrogens (tertiary/aromatic N) is 3.